The van der Waals surface area contributed by atoms with E-state index in [0.29, 0.717) is 0 Å². The Hall–Kier alpha value is -7.42. The molecule has 1 atom stereocenters. The Morgan fingerprint density at radius 1 is 0.317 bits per heavy atom. The van der Waals surface area contributed by atoms with Crippen molar-refractivity contribution in [1.82, 2.24) is 9.13 Å². The van der Waals surface area contributed by atoms with Crippen molar-refractivity contribution in [3.05, 3.63) is 240 Å². The van der Waals surface area contributed by atoms with Crippen LogP contribution in [0.15, 0.2) is 206 Å². The highest BCUT2D eigenvalue weighted by Crippen LogP contribution is 2.61. The van der Waals surface area contributed by atoms with Gasteiger partial charge in [0.1, 0.15) is 0 Å². The van der Waals surface area contributed by atoms with Gasteiger partial charge in [-0.3, -0.25) is 0 Å². The molecule has 0 fully saturated rings. The summed E-state index contributed by atoms with van der Waals surface area (Å²) in [6.07, 6.45) is 0. The molecule has 2 aromatic heterocycles. The van der Waals surface area contributed by atoms with Gasteiger partial charge >= 0.3 is 0 Å². The van der Waals surface area contributed by atoms with Crippen LogP contribution < -0.4 is 0 Å². The largest absolute Gasteiger partial charge is 0.309 e. The number of nitrogens with zero attached hydrogens (tertiary/aromatic N) is 2. The van der Waals surface area contributed by atoms with Crippen LogP contribution >= 0.6 is 0 Å². The smallest absolute Gasteiger partial charge is 0.0748 e. The Kier molecular flexibility index (Phi) is 6.74. The fourth-order valence-electron chi connectivity index (χ4n) is 11.4. The molecule has 0 N–H and O–H groups in total. The molecule has 11 aromatic rings. The van der Waals surface area contributed by atoms with Crippen LogP contribution in [-0.4, -0.2) is 9.13 Å². The average Bonchev–Trinajstić information content (AvgIpc) is 3.83. The molecular weight excluding hydrogens is 725 g/mol. The molecule has 0 amide bonds. The Morgan fingerprint density at radius 3 is 1.60 bits per heavy atom. The lowest BCUT2D eigenvalue weighted by Crippen LogP contribution is -2.44. The maximum atomic E-state index is 2.53. The van der Waals surface area contributed by atoms with Gasteiger partial charge < -0.3 is 9.13 Å². The topological polar surface area (TPSA) is 9.86 Å². The van der Waals surface area contributed by atoms with Gasteiger partial charge in [-0.1, -0.05) is 172 Å². The Bertz CT molecular complexity index is 3560. The monoisotopic (exact) mass is 764 g/mol. The number of para-hydroxylation sites is 5. The molecule has 0 bridgehead atoms. The van der Waals surface area contributed by atoms with E-state index in [4.69, 9.17) is 0 Å². The molecule has 9 aromatic carbocycles. The van der Waals surface area contributed by atoms with Crippen LogP contribution in [0.2, 0.25) is 0 Å². The summed E-state index contributed by atoms with van der Waals surface area (Å²) in [7, 11) is 0. The Morgan fingerprint density at radius 2 is 0.833 bits per heavy atom. The number of hydrogen-bond acceptors (Lipinski definition) is 0. The second-order valence-electron chi connectivity index (χ2n) is 17.2. The van der Waals surface area contributed by atoms with Gasteiger partial charge in [-0.25, -0.2) is 0 Å². The van der Waals surface area contributed by atoms with Crippen LogP contribution in [0.3, 0.4) is 0 Å². The van der Waals surface area contributed by atoms with Crippen molar-refractivity contribution in [3.63, 3.8) is 0 Å². The minimum Gasteiger partial charge on any atom is -0.309 e. The molecule has 1 aliphatic carbocycles. The maximum absolute atomic E-state index is 2.53. The molecule has 2 nitrogen and oxygen atoms in total. The summed E-state index contributed by atoms with van der Waals surface area (Å²) in [5.41, 5.74) is 19.7. The van der Waals surface area contributed by atoms with E-state index in [1.807, 2.05) is 0 Å². The molecule has 2 heteroatoms. The number of aromatic nitrogens is 2. The summed E-state index contributed by atoms with van der Waals surface area (Å²) in [6.45, 7) is 4.82. The predicted molar refractivity (Wildman–Crippen MR) is 250 cm³/mol. The first kappa shape index (κ1) is 33.5. The van der Waals surface area contributed by atoms with Gasteiger partial charge in [0.25, 0.3) is 0 Å². The van der Waals surface area contributed by atoms with Crippen LogP contribution in [0.1, 0.15) is 47.2 Å². The zero-order valence-corrected chi connectivity index (χ0v) is 33.5. The van der Waals surface area contributed by atoms with Crippen molar-refractivity contribution >= 4 is 43.6 Å². The lowest BCUT2D eigenvalue weighted by atomic mass is 9.53. The van der Waals surface area contributed by atoms with Gasteiger partial charge in [-0.15, -0.1) is 0 Å². The van der Waals surface area contributed by atoms with E-state index in [1.54, 1.807) is 0 Å². The van der Waals surface area contributed by atoms with Gasteiger partial charge in [0.2, 0.25) is 0 Å². The minimum atomic E-state index is -0.522. The summed E-state index contributed by atoms with van der Waals surface area (Å²) >= 11 is 0. The summed E-state index contributed by atoms with van der Waals surface area (Å²) in [6, 6.07) is 77.2. The lowest BCUT2D eigenvalue weighted by Gasteiger charge is -2.50. The van der Waals surface area contributed by atoms with Gasteiger partial charge in [0, 0.05) is 32.6 Å². The highest BCUT2D eigenvalue weighted by atomic mass is 15.0. The summed E-state index contributed by atoms with van der Waals surface area (Å²) < 4.78 is 4.91. The van der Waals surface area contributed by atoms with Crippen molar-refractivity contribution in [2.75, 3.05) is 0 Å². The fraction of sp³-hybridized carbons (Fsp3) is 0.0690. The van der Waals surface area contributed by atoms with Crippen LogP contribution in [-0.2, 0) is 10.8 Å². The quantitative estimate of drug-likeness (QED) is 0.170. The number of rotatable bonds is 3. The molecule has 1 spiro atoms. The molecule has 1 aliphatic heterocycles. The van der Waals surface area contributed by atoms with Crippen molar-refractivity contribution in [3.8, 4) is 33.6 Å². The number of hydrogen-bond donors (Lipinski definition) is 0. The molecule has 0 saturated heterocycles. The standard InChI is InChI=1S/C58H40N2/c1-57(2)46-20-8-9-21-48(46)58(49-22-10-13-26-55(49)60-53-25-12-6-17-42(53)44-19-14-23-50(58)56(44)60)51-36-40(31-33-47(51)57)38-29-27-37(28-30-38)39-32-34-54-45(35-39)43-18-7-11-24-52(43)59(54)41-15-4-3-5-16-41/h3-36H,1-2H3. The molecule has 0 saturated carbocycles. The second kappa shape index (κ2) is 12.1. The minimum absolute atomic E-state index is 0.200. The fourth-order valence-corrected chi connectivity index (χ4v) is 11.4. The van der Waals surface area contributed by atoms with E-state index >= 15 is 0 Å². The molecule has 60 heavy (non-hydrogen) atoms. The van der Waals surface area contributed by atoms with Gasteiger partial charge in [-0.2, -0.15) is 0 Å². The predicted octanol–water partition coefficient (Wildman–Crippen LogP) is 14.6. The third kappa shape index (κ3) is 4.27. The van der Waals surface area contributed by atoms with Crippen LogP contribution in [0, 0.1) is 0 Å². The van der Waals surface area contributed by atoms with E-state index in [2.05, 4.69) is 229 Å². The molecule has 282 valence electrons. The molecule has 3 heterocycles. The molecule has 13 rings (SSSR count). The number of benzene rings is 9. The first-order valence-corrected chi connectivity index (χ1v) is 21.1. The molecular formula is C58H40N2. The highest BCUT2D eigenvalue weighted by Gasteiger charge is 2.52. The molecule has 1 unspecified atom stereocenters. The zero-order chi connectivity index (χ0) is 39.7. The van der Waals surface area contributed by atoms with Crippen LogP contribution in [0.25, 0.3) is 77.2 Å². The van der Waals surface area contributed by atoms with E-state index in [9.17, 15) is 0 Å². The Labute approximate surface area is 349 Å². The highest BCUT2D eigenvalue weighted by molar-refractivity contribution is 6.13. The van der Waals surface area contributed by atoms with Crippen molar-refractivity contribution in [2.45, 2.75) is 24.7 Å². The normalized spacial score (nSPS) is 16.0. The lowest BCUT2D eigenvalue weighted by molar-refractivity contribution is 0.556. The molecule has 2 aliphatic rings. The van der Waals surface area contributed by atoms with Crippen LogP contribution in [0.4, 0.5) is 0 Å². The van der Waals surface area contributed by atoms with Gasteiger partial charge in [0.15, 0.2) is 0 Å². The van der Waals surface area contributed by atoms with Gasteiger partial charge in [0.05, 0.1) is 33.2 Å². The van der Waals surface area contributed by atoms with E-state index < -0.39 is 5.41 Å². The van der Waals surface area contributed by atoms with E-state index in [0.717, 1.165) is 0 Å². The third-order valence-electron chi connectivity index (χ3n) is 14.0. The SMILES string of the molecule is CC1(C)c2ccccc2C2(c3ccccc3-n3c4ccccc4c4cccc2c43)c2cc(-c3ccc(-c4ccc5c(c4)c4ccccc4n5-c4ccccc4)cc3)ccc21. The summed E-state index contributed by atoms with van der Waals surface area (Å²) in [5, 5.41) is 5.12. The zero-order valence-electron chi connectivity index (χ0n) is 33.5. The second-order valence-corrected chi connectivity index (χ2v) is 17.2. The summed E-state index contributed by atoms with van der Waals surface area (Å²) in [5.74, 6) is 0. The van der Waals surface area contributed by atoms with E-state index in [-0.39, 0.29) is 5.41 Å². The maximum Gasteiger partial charge on any atom is 0.0748 e. The first-order valence-electron chi connectivity index (χ1n) is 21.1. The summed E-state index contributed by atoms with van der Waals surface area (Å²) in [4.78, 5) is 0. The van der Waals surface area contributed by atoms with Crippen molar-refractivity contribution in [1.29, 1.82) is 0 Å². The van der Waals surface area contributed by atoms with Crippen molar-refractivity contribution in [2.24, 2.45) is 0 Å². The van der Waals surface area contributed by atoms with E-state index in [1.165, 1.54) is 111 Å². The Balaban J connectivity index is 1.01. The molecule has 0 radical (unpaired) electrons. The van der Waals surface area contributed by atoms with Crippen molar-refractivity contribution < 1.29 is 0 Å². The third-order valence-corrected chi connectivity index (χ3v) is 14.0. The van der Waals surface area contributed by atoms with Gasteiger partial charge in [-0.05, 0) is 104 Å². The number of fused-ring (bicyclic) bond motifs is 14. The first-order chi connectivity index (χ1) is 29.5. The average molecular weight is 765 g/mol. The van der Waals surface area contributed by atoms with Crippen LogP contribution in [0.5, 0.6) is 0 Å².